The lowest BCUT2D eigenvalue weighted by Crippen LogP contribution is -2.09. The maximum atomic E-state index is 6.23. The van der Waals surface area contributed by atoms with E-state index in [9.17, 15) is 0 Å². The number of hydrogen-bond donors (Lipinski definition) is 2. The Labute approximate surface area is 122 Å². The lowest BCUT2D eigenvalue weighted by molar-refractivity contribution is 0.410. The molecule has 0 spiro atoms. The van der Waals surface area contributed by atoms with Crippen molar-refractivity contribution in [2.24, 2.45) is 5.84 Å². The summed E-state index contributed by atoms with van der Waals surface area (Å²) >= 11 is 6.23. The average Bonchev–Trinajstić information content (AvgIpc) is 3.30. The van der Waals surface area contributed by atoms with E-state index in [4.69, 9.17) is 31.9 Å². The number of ether oxygens (including phenoxy) is 2. The Bertz CT molecular complexity index is 671. The van der Waals surface area contributed by atoms with E-state index in [1.54, 1.807) is 20.3 Å². The number of hydrazine groups is 1. The number of pyridine rings is 1. The highest BCUT2D eigenvalue weighted by Crippen LogP contribution is 2.46. The molecule has 0 unspecified atom stereocenters. The Balaban J connectivity index is 2.38. The van der Waals surface area contributed by atoms with Gasteiger partial charge in [-0.2, -0.15) is 0 Å². The van der Waals surface area contributed by atoms with Crippen molar-refractivity contribution in [1.82, 2.24) is 4.98 Å². The summed E-state index contributed by atoms with van der Waals surface area (Å²) in [7, 11) is 3.17. The van der Waals surface area contributed by atoms with Gasteiger partial charge in [-0.25, -0.2) is 4.98 Å². The molecule has 1 saturated carbocycles. The molecule has 106 valence electrons. The van der Waals surface area contributed by atoms with Crippen LogP contribution in [-0.4, -0.2) is 19.2 Å². The van der Waals surface area contributed by atoms with Gasteiger partial charge in [0.05, 0.1) is 30.3 Å². The summed E-state index contributed by atoms with van der Waals surface area (Å²) in [5.74, 6) is 7.33. The number of aromatic nitrogens is 1. The number of nitrogens with zero attached hydrogens (tertiary/aromatic N) is 1. The van der Waals surface area contributed by atoms with Gasteiger partial charge in [-0.1, -0.05) is 11.6 Å². The van der Waals surface area contributed by atoms with Crippen molar-refractivity contribution in [2.45, 2.75) is 18.8 Å². The number of fused-ring (bicyclic) bond motifs is 1. The number of anilines is 1. The molecule has 1 heterocycles. The van der Waals surface area contributed by atoms with Gasteiger partial charge < -0.3 is 14.9 Å². The number of hydrogen-bond acceptors (Lipinski definition) is 5. The smallest absolute Gasteiger partial charge is 0.149 e. The zero-order chi connectivity index (χ0) is 14.3. The molecular weight excluding hydrogens is 278 g/mol. The van der Waals surface area contributed by atoms with E-state index in [0.29, 0.717) is 28.0 Å². The Kier molecular flexibility index (Phi) is 3.31. The molecule has 0 aliphatic heterocycles. The number of methoxy groups -OCH3 is 2. The summed E-state index contributed by atoms with van der Waals surface area (Å²) in [4.78, 5) is 4.71. The van der Waals surface area contributed by atoms with Crippen LogP contribution < -0.4 is 20.7 Å². The van der Waals surface area contributed by atoms with Crippen LogP contribution in [0, 0.1) is 0 Å². The van der Waals surface area contributed by atoms with E-state index >= 15 is 0 Å². The van der Waals surface area contributed by atoms with Crippen LogP contribution in [0.4, 0.5) is 5.69 Å². The lowest BCUT2D eigenvalue weighted by atomic mass is 10.1. The summed E-state index contributed by atoms with van der Waals surface area (Å²) in [6.45, 7) is 0. The average molecular weight is 294 g/mol. The molecule has 0 atom stereocenters. The molecule has 6 heteroatoms. The molecule has 2 aromatic rings. The lowest BCUT2D eigenvalue weighted by Gasteiger charge is -2.15. The highest BCUT2D eigenvalue weighted by molar-refractivity contribution is 6.34. The first-order valence-corrected chi connectivity index (χ1v) is 6.79. The van der Waals surface area contributed by atoms with Crippen molar-refractivity contribution in [3.63, 3.8) is 0 Å². The topological polar surface area (TPSA) is 69.4 Å². The minimum Gasteiger partial charge on any atom is -0.494 e. The third-order valence-corrected chi connectivity index (χ3v) is 3.83. The first kappa shape index (κ1) is 13.3. The fraction of sp³-hybridized carbons (Fsp3) is 0.357. The molecule has 0 saturated heterocycles. The maximum Gasteiger partial charge on any atom is 0.149 e. The molecule has 0 bridgehead atoms. The second-order valence-electron chi connectivity index (χ2n) is 4.83. The van der Waals surface area contributed by atoms with Gasteiger partial charge in [0.25, 0.3) is 0 Å². The van der Waals surface area contributed by atoms with Gasteiger partial charge in [0.2, 0.25) is 0 Å². The fourth-order valence-corrected chi connectivity index (χ4v) is 2.67. The second kappa shape index (κ2) is 5.00. The van der Waals surface area contributed by atoms with E-state index in [-0.39, 0.29) is 0 Å². The predicted molar refractivity (Wildman–Crippen MR) is 79.6 cm³/mol. The van der Waals surface area contributed by atoms with Crippen LogP contribution in [0.2, 0.25) is 5.02 Å². The number of benzene rings is 1. The SMILES string of the molecule is COc1cc(Cl)c(OC)c2c(NN)cc(C3CC3)nc12. The highest BCUT2D eigenvalue weighted by Gasteiger charge is 2.27. The van der Waals surface area contributed by atoms with E-state index in [1.807, 2.05) is 6.07 Å². The molecule has 1 fully saturated rings. The first-order valence-electron chi connectivity index (χ1n) is 6.41. The minimum atomic E-state index is 0.467. The Morgan fingerprint density at radius 2 is 2.05 bits per heavy atom. The molecule has 3 N–H and O–H groups in total. The van der Waals surface area contributed by atoms with Crippen LogP contribution >= 0.6 is 11.6 Å². The summed E-state index contributed by atoms with van der Waals surface area (Å²) in [6, 6.07) is 3.67. The van der Waals surface area contributed by atoms with E-state index in [0.717, 1.165) is 29.6 Å². The van der Waals surface area contributed by atoms with Crippen molar-refractivity contribution < 1.29 is 9.47 Å². The summed E-state index contributed by atoms with van der Waals surface area (Å²) in [6.07, 6.45) is 2.32. The van der Waals surface area contributed by atoms with E-state index in [1.165, 1.54) is 0 Å². The van der Waals surface area contributed by atoms with E-state index < -0.39 is 0 Å². The molecule has 1 aliphatic carbocycles. The molecule has 1 aromatic heterocycles. The van der Waals surface area contributed by atoms with Gasteiger partial charge >= 0.3 is 0 Å². The number of rotatable bonds is 4. The van der Waals surface area contributed by atoms with Crippen molar-refractivity contribution in [3.8, 4) is 11.5 Å². The molecule has 1 aromatic carbocycles. The standard InChI is InChI=1S/C14H16ClN3O2/c1-19-11-5-8(15)14(20-2)12-10(18-16)6-9(7-3-4-7)17-13(11)12/h5-7H,3-4,16H2,1-2H3,(H,17,18). The Morgan fingerprint density at radius 1 is 1.30 bits per heavy atom. The maximum absolute atomic E-state index is 6.23. The summed E-state index contributed by atoms with van der Waals surface area (Å²) in [5.41, 5.74) is 5.19. The molecule has 1 aliphatic rings. The molecular formula is C14H16ClN3O2. The predicted octanol–water partition coefficient (Wildman–Crippen LogP) is 3.07. The molecule has 20 heavy (non-hydrogen) atoms. The van der Waals surface area contributed by atoms with Crippen LogP contribution in [0.1, 0.15) is 24.5 Å². The van der Waals surface area contributed by atoms with Crippen LogP contribution in [0.5, 0.6) is 11.5 Å². The van der Waals surface area contributed by atoms with Crippen molar-refractivity contribution in [1.29, 1.82) is 0 Å². The number of nitrogen functional groups attached to an aromatic ring is 1. The Morgan fingerprint density at radius 3 is 2.60 bits per heavy atom. The van der Waals surface area contributed by atoms with Gasteiger partial charge in [0, 0.05) is 17.7 Å². The zero-order valence-corrected chi connectivity index (χ0v) is 12.1. The van der Waals surface area contributed by atoms with E-state index in [2.05, 4.69) is 5.43 Å². The van der Waals surface area contributed by atoms with Crippen LogP contribution in [0.25, 0.3) is 10.9 Å². The fourth-order valence-electron chi connectivity index (χ4n) is 2.40. The van der Waals surface area contributed by atoms with Gasteiger partial charge in [-0.3, -0.25) is 5.84 Å². The van der Waals surface area contributed by atoms with Crippen LogP contribution in [-0.2, 0) is 0 Å². The van der Waals surface area contributed by atoms with Crippen LogP contribution in [0.15, 0.2) is 12.1 Å². The number of nitrogens with one attached hydrogen (secondary N) is 1. The molecule has 0 amide bonds. The van der Waals surface area contributed by atoms with Gasteiger partial charge in [-0.05, 0) is 18.9 Å². The molecule has 5 nitrogen and oxygen atoms in total. The summed E-state index contributed by atoms with van der Waals surface area (Å²) in [5, 5.41) is 1.21. The van der Waals surface area contributed by atoms with Gasteiger partial charge in [-0.15, -0.1) is 0 Å². The number of halogens is 1. The van der Waals surface area contributed by atoms with Crippen molar-refractivity contribution in [3.05, 3.63) is 22.8 Å². The monoisotopic (exact) mass is 293 g/mol. The molecule has 0 radical (unpaired) electrons. The van der Waals surface area contributed by atoms with Gasteiger partial charge in [0.15, 0.2) is 0 Å². The quantitative estimate of drug-likeness (QED) is 0.670. The summed E-state index contributed by atoms with van der Waals surface area (Å²) < 4.78 is 10.8. The second-order valence-corrected chi connectivity index (χ2v) is 5.24. The Hall–Kier alpha value is -1.72. The van der Waals surface area contributed by atoms with Crippen molar-refractivity contribution in [2.75, 3.05) is 19.6 Å². The minimum absolute atomic E-state index is 0.467. The van der Waals surface area contributed by atoms with Crippen LogP contribution in [0.3, 0.4) is 0 Å². The van der Waals surface area contributed by atoms with Gasteiger partial charge in [0.1, 0.15) is 17.0 Å². The third kappa shape index (κ3) is 2.03. The largest absolute Gasteiger partial charge is 0.494 e. The normalized spacial score (nSPS) is 14.4. The first-order chi connectivity index (χ1) is 9.69. The van der Waals surface area contributed by atoms with Crippen molar-refractivity contribution >= 4 is 28.2 Å². The zero-order valence-electron chi connectivity index (χ0n) is 11.4. The third-order valence-electron chi connectivity index (χ3n) is 3.55. The highest BCUT2D eigenvalue weighted by atomic mass is 35.5. The number of nitrogens with two attached hydrogens (primary N) is 1. The molecule has 3 rings (SSSR count).